The van der Waals surface area contributed by atoms with Crippen LogP contribution in [0.25, 0.3) is 0 Å². The van der Waals surface area contributed by atoms with Gasteiger partial charge in [0.05, 0.1) is 6.54 Å². The number of carbonyl (C=O) groups is 1. The van der Waals surface area contributed by atoms with E-state index in [1.807, 2.05) is 0 Å². The van der Waals surface area contributed by atoms with Crippen LogP contribution >= 0.6 is 0 Å². The first-order valence-corrected chi connectivity index (χ1v) is 15.8. The molecule has 0 aromatic heterocycles. The maximum atomic E-state index is 12.1. The Bertz CT molecular complexity index is 399. The normalized spacial score (nSPS) is 11.4. The van der Waals surface area contributed by atoms with Gasteiger partial charge in [-0.05, 0) is 38.9 Å². The van der Waals surface area contributed by atoms with Crippen molar-refractivity contribution in [2.75, 3.05) is 39.3 Å². The van der Waals surface area contributed by atoms with E-state index in [4.69, 9.17) is 4.74 Å². The molecule has 0 amide bonds. The van der Waals surface area contributed by atoms with Crippen molar-refractivity contribution in [2.45, 2.75) is 156 Å². The summed E-state index contributed by atoms with van der Waals surface area (Å²) in [5, 5.41) is 3.26. The van der Waals surface area contributed by atoms with Crippen LogP contribution in [0.15, 0.2) is 0 Å². The highest BCUT2D eigenvalue weighted by Crippen LogP contribution is 2.10. The molecule has 0 bridgehead atoms. The van der Waals surface area contributed by atoms with E-state index < -0.39 is 0 Å². The molecule has 0 aromatic rings. The van der Waals surface area contributed by atoms with Gasteiger partial charge in [-0.15, -0.1) is 0 Å². The zero-order valence-corrected chi connectivity index (χ0v) is 24.4. The highest BCUT2D eigenvalue weighted by atomic mass is 16.5. The van der Waals surface area contributed by atoms with E-state index in [-0.39, 0.29) is 5.97 Å². The number of hydrogen-bond acceptors (Lipinski definition) is 4. The number of esters is 1. The summed E-state index contributed by atoms with van der Waals surface area (Å²) < 4.78 is 5.54. The second kappa shape index (κ2) is 29.6. The summed E-state index contributed by atoms with van der Waals surface area (Å²) in [6, 6.07) is 0. The SMILES string of the molecule is CCCCCCCCCNCC(=O)OCCN(CCCCCCCCC)CCCCCCCCC. The predicted octanol–water partition coefficient (Wildman–Crippen LogP) is 8.67. The number of carbonyl (C=O) groups excluding carboxylic acids is 1. The number of rotatable bonds is 29. The topological polar surface area (TPSA) is 41.6 Å². The highest BCUT2D eigenvalue weighted by Gasteiger charge is 2.08. The molecule has 4 heteroatoms. The predicted molar refractivity (Wildman–Crippen MR) is 154 cm³/mol. The summed E-state index contributed by atoms with van der Waals surface area (Å²) in [4.78, 5) is 14.6. The average molecular weight is 497 g/mol. The van der Waals surface area contributed by atoms with E-state index >= 15 is 0 Å². The highest BCUT2D eigenvalue weighted by molar-refractivity contribution is 5.71. The van der Waals surface area contributed by atoms with E-state index in [9.17, 15) is 4.79 Å². The fourth-order valence-electron chi connectivity index (χ4n) is 4.66. The molecule has 0 aromatic carbocycles. The molecule has 0 aliphatic carbocycles. The van der Waals surface area contributed by atoms with E-state index in [2.05, 4.69) is 31.0 Å². The Kier molecular flexibility index (Phi) is 29.1. The lowest BCUT2D eigenvalue weighted by Crippen LogP contribution is -2.32. The van der Waals surface area contributed by atoms with Gasteiger partial charge in [0, 0.05) is 6.54 Å². The van der Waals surface area contributed by atoms with Crippen LogP contribution in [0.4, 0.5) is 0 Å². The maximum absolute atomic E-state index is 12.1. The molecule has 210 valence electrons. The van der Waals surface area contributed by atoms with Crippen LogP contribution in [0, 0.1) is 0 Å². The van der Waals surface area contributed by atoms with Crippen molar-refractivity contribution in [3.63, 3.8) is 0 Å². The third-order valence-corrected chi connectivity index (χ3v) is 7.05. The Morgan fingerprint density at radius 3 is 1.40 bits per heavy atom. The number of nitrogens with one attached hydrogen (secondary N) is 1. The molecule has 0 radical (unpaired) electrons. The first-order chi connectivity index (χ1) is 17.2. The molecule has 0 aliphatic heterocycles. The quantitative estimate of drug-likeness (QED) is 0.0830. The van der Waals surface area contributed by atoms with Crippen molar-refractivity contribution >= 4 is 5.97 Å². The minimum absolute atomic E-state index is 0.0975. The summed E-state index contributed by atoms with van der Waals surface area (Å²) in [5.74, 6) is -0.0975. The van der Waals surface area contributed by atoms with Crippen LogP contribution in [0.5, 0.6) is 0 Å². The Morgan fingerprint density at radius 1 is 0.543 bits per heavy atom. The van der Waals surface area contributed by atoms with Crippen LogP contribution in [0.1, 0.15) is 156 Å². The molecule has 0 saturated carbocycles. The zero-order chi connectivity index (χ0) is 25.7. The molecule has 0 fully saturated rings. The minimum atomic E-state index is -0.0975. The van der Waals surface area contributed by atoms with Gasteiger partial charge in [-0.2, -0.15) is 0 Å². The summed E-state index contributed by atoms with van der Waals surface area (Å²) in [6.07, 6.45) is 28.0. The number of hydrogen-bond donors (Lipinski definition) is 1. The standard InChI is InChI=1S/C31H64N2O2/c1-4-7-10-13-16-19-22-25-32-30-31(34)35-29-28-33(26-23-20-17-14-11-8-5-2)27-24-21-18-15-12-9-6-3/h32H,4-30H2,1-3H3. The van der Waals surface area contributed by atoms with Gasteiger partial charge in [0.2, 0.25) is 0 Å². The molecule has 0 atom stereocenters. The molecule has 0 unspecified atom stereocenters. The van der Waals surface area contributed by atoms with Crippen LogP contribution in [-0.4, -0.2) is 50.2 Å². The van der Waals surface area contributed by atoms with Gasteiger partial charge in [0.15, 0.2) is 0 Å². The largest absolute Gasteiger partial charge is 0.463 e. The second-order valence-electron chi connectivity index (χ2n) is 10.6. The first-order valence-electron chi connectivity index (χ1n) is 15.8. The molecule has 0 aliphatic rings. The van der Waals surface area contributed by atoms with E-state index in [0.29, 0.717) is 13.2 Å². The van der Waals surface area contributed by atoms with Gasteiger partial charge in [-0.25, -0.2) is 0 Å². The summed E-state index contributed by atoms with van der Waals surface area (Å²) in [6.45, 7) is 11.8. The summed E-state index contributed by atoms with van der Waals surface area (Å²) in [5.41, 5.74) is 0. The van der Waals surface area contributed by atoms with Crippen molar-refractivity contribution in [2.24, 2.45) is 0 Å². The lowest BCUT2D eigenvalue weighted by Gasteiger charge is -2.22. The molecular weight excluding hydrogens is 432 g/mol. The van der Waals surface area contributed by atoms with Gasteiger partial charge in [-0.3, -0.25) is 9.69 Å². The van der Waals surface area contributed by atoms with E-state index in [1.54, 1.807) is 0 Å². The molecule has 0 saturated heterocycles. The molecule has 0 spiro atoms. The Morgan fingerprint density at radius 2 is 0.943 bits per heavy atom. The van der Waals surface area contributed by atoms with Gasteiger partial charge in [-0.1, -0.05) is 136 Å². The van der Waals surface area contributed by atoms with Crippen molar-refractivity contribution in [3.8, 4) is 0 Å². The van der Waals surface area contributed by atoms with Crippen molar-refractivity contribution in [3.05, 3.63) is 0 Å². The Hall–Kier alpha value is -0.610. The number of nitrogens with zero attached hydrogens (tertiary/aromatic N) is 1. The molecule has 35 heavy (non-hydrogen) atoms. The van der Waals surface area contributed by atoms with Crippen molar-refractivity contribution in [1.82, 2.24) is 10.2 Å². The fraction of sp³-hybridized carbons (Fsp3) is 0.968. The summed E-state index contributed by atoms with van der Waals surface area (Å²) >= 11 is 0. The zero-order valence-electron chi connectivity index (χ0n) is 24.4. The minimum Gasteiger partial charge on any atom is -0.463 e. The third-order valence-electron chi connectivity index (χ3n) is 7.05. The fourth-order valence-corrected chi connectivity index (χ4v) is 4.66. The van der Waals surface area contributed by atoms with Crippen LogP contribution in [-0.2, 0) is 9.53 Å². The molecular formula is C31H64N2O2. The number of unbranched alkanes of at least 4 members (excludes halogenated alkanes) is 18. The number of ether oxygens (including phenoxy) is 1. The van der Waals surface area contributed by atoms with Crippen molar-refractivity contribution < 1.29 is 9.53 Å². The smallest absolute Gasteiger partial charge is 0.319 e. The van der Waals surface area contributed by atoms with Gasteiger partial charge in [0.25, 0.3) is 0 Å². The Labute approximate surface area is 220 Å². The lowest BCUT2D eigenvalue weighted by molar-refractivity contribution is -0.143. The van der Waals surface area contributed by atoms with Crippen LogP contribution < -0.4 is 5.32 Å². The van der Waals surface area contributed by atoms with Gasteiger partial charge in [0.1, 0.15) is 6.61 Å². The monoisotopic (exact) mass is 496 g/mol. The van der Waals surface area contributed by atoms with Crippen LogP contribution in [0.2, 0.25) is 0 Å². The summed E-state index contributed by atoms with van der Waals surface area (Å²) in [7, 11) is 0. The van der Waals surface area contributed by atoms with E-state index in [0.717, 1.165) is 32.6 Å². The lowest BCUT2D eigenvalue weighted by atomic mass is 10.1. The molecule has 0 rings (SSSR count). The van der Waals surface area contributed by atoms with Crippen LogP contribution in [0.3, 0.4) is 0 Å². The second-order valence-corrected chi connectivity index (χ2v) is 10.6. The van der Waals surface area contributed by atoms with Crippen molar-refractivity contribution in [1.29, 1.82) is 0 Å². The molecule has 0 heterocycles. The average Bonchev–Trinajstić information content (AvgIpc) is 2.86. The van der Waals surface area contributed by atoms with Gasteiger partial charge < -0.3 is 10.1 Å². The molecule has 1 N–H and O–H groups in total. The maximum Gasteiger partial charge on any atom is 0.319 e. The third kappa shape index (κ3) is 27.8. The first kappa shape index (κ1) is 34.4. The van der Waals surface area contributed by atoms with Gasteiger partial charge >= 0.3 is 5.97 Å². The Balaban J connectivity index is 3.92. The van der Waals surface area contributed by atoms with E-state index in [1.165, 1.54) is 128 Å². The molecule has 4 nitrogen and oxygen atoms in total.